The summed E-state index contributed by atoms with van der Waals surface area (Å²) in [4.78, 5) is 33.7. The van der Waals surface area contributed by atoms with Crippen LogP contribution in [0.2, 0.25) is 0 Å². The number of hydrogen-bond acceptors (Lipinski definition) is 6. The van der Waals surface area contributed by atoms with E-state index in [-0.39, 0.29) is 12.2 Å². The minimum Gasteiger partial charge on any atom is -0.487 e. The van der Waals surface area contributed by atoms with E-state index < -0.39 is 12.0 Å². The maximum absolute atomic E-state index is 14.4. The molecule has 0 saturated carbocycles. The van der Waals surface area contributed by atoms with Crippen LogP contribution < -0.4 is 19.6 Å². The van der Waals surface area contributed by atoms with Crippen LogP contribution in [-0.2, 0) is 16.1 Å². The van der Waals surface area contributed by atoms with Crippen LogP contribution in [0.15, 0.2) is 121 Å². The minimum atomic E-state index is -0.744. The zero-order valence-corrected chi connectivity index (χ0v) is 30.1. The number of benzene rings is 4. The molecule has 0 fully saturated rings. The fraction of sp³-hybridized carbons (Fsp3) is 0.184. The molecule has 47 heavy (non-hydrogen) atoms. The summed E-state index contributed by atoms with van der Waals surface area (Å²) in [6, 6.07) is 30.7. The van der Waals surface area contributed by atoms with Gasteiger partial charge < -0.3 is 9.47 Å². The molecular formula is C38H32Br2N2O4S. The summed E-state index contributed by atoms with van der Waals surface area (Å²) in [6.07, 6.45) is 1.83. The van der Waals surface area contributed by atoms with E-state index in [2.05, 4.69) is 57.8 Å². The van der Waals surface area contributed by atoms with Crippen LogP contribution in [0.25, 0.3) is 11.8 Å². The third kappa shape index (κ3) is 6.98. The van der Waals surface area contributed by atoms with E-state index in [0.717, 1.165) is 36.8 Å². The van der Waals surface area contributed by atoms with E-state index in [4.69, 9.17) is 14.5 Å². The molecule has 1 aliphatic rings. The van der Waals surface area contributed by atoms with Crippen LogP contribution in [0.3, 0.4) is 0 Å². The number of aromatic nitrogens is 1. The normalized spacial score (nSPS) is 14.6. The van der Waals surface area contributed by atoms with Gasteiger partial charge in [0, 0.05) is 15.6 Å². The molecule has 6 rings (SSSR count). The van der Waals surface area contributed by atoms with Crippen molar-refractivity contribution < 1.29 is 14.3 Å². The van der Waals surface area contributed by atoms with Gasteiger partial charge in [0.2, 0.25) is 0 Å². The van der Waals surface area contributed by atoms with Crippen molar-refractivity contribution in [3.05, 3.63) is 159 Å². The van der Waals surface area contributed by atoms with Gasteiger partial charge in [-0.15, -0.1) is 0 Å². The molecule has 1 atom stereocenters. The maximum atomic E-state index is 14.4. The Labute approximate surface area is 294 Å². The Morgan fingerprint density at radius 1 is 0.979 bits per heavy atom. The zero-order valence-electron chi connectivity index (χ0n) is 26.1. The average Bonchev–Trinajstić information content (AvgIpc) is 3.38. The molecule has 0 bridgehead atoms. The van der Waals surface area contributed by atoms with Crippen LogP contribution in [0.4, 0.5) is 0 Å². The fourth-order valence-corrected chi connectivity index (χ4v) is 7.89. The van der Waals surface area contributed by atoms with Crippen LogP contribution in [0.5, 0.6) is 5.75 Å². The van der Waals surface area contributed by atoms with Gasteiger partial charge in [0.25, 0.3) is 5.56 Å². The molecule has 2 heterocycles. The number of ether oxygens (including phenoxy) is 2. The third-order valence-corrected chi connectivity index (χ3v) is 9.87. The number of hydrogen-bond donors (Lipinski definition) is 0. The molecule has 1 aliphatic heterocycles. The van der Waals surface area contributed by atoms with E-state index in [1.54, 1.807) is 11.5 Å². The van der Waals surface area contributed by atoms with Crippen molar-refractivity contribution in [3.63, 3.8) is 0 Å². The second-order valence-electron chi connectivity index (χ2n) is 11.3. The molecule has 1 aromatic heterocycles. The second kappa shape index (κ2) is 14.4. The lowest BCUT2D eigenvalue weighted by molar-refractivity contribution is -0.138. The smallest absolute Gasteiger partial charge is 0.338 e. The summed E-state index contributed by atoms with van der Waals surface area (Å²) >= 11 is 8.53. The van der Waals surface area contributed by atoms with Crippen LogP contribution in [0.1, 0.15) is 60.5 Å². The third-order valence-electron chi connectivity index (χ3n) is 7.84. The molecule has 0 radical (unpaired) electrons. The summed E-state index contributed by atoms with van der Waals surface area (Å²) < 4.78 is 15.6. The summed E-state index contributed by atoms with van der Waals surface area (Å²) in [5, 5.41) is 0. The number of esters is 1. The van der Waals surface area contributed by atoms with Crippen molar-refractivity contribution in [2.75, 3.05) is 6.61 Å². The molecule has 0 N–H and O–H groups in total. The van der Waals surface area contributed by atoms with Crippen molar-refractivity contribution >= 4 is 60.9 Å². The summed E-state index contributed by atoms with van der Waals surface area (Å²) in [6.45, 7) is 6.59. The van der Waals surface area contributed by atoms with E-state index in [9.17, 15) is 9.59 Å². The van der Waals surface area contributed by atoms with Crippen LogP contribution >= 0.6 is 43.2 Å². The van der Waals surface area contributed by atoms with Gasteiger partial charge in [-0.1, -0.05) is 126 Å². The number of halogens is 2. The number of carbonyl (C=O) groups excluding carboxylic acids is 1. The SMILES string of the molecule is CCOC(=O)C1=C(c2ccccc2)N=c2s/c(=C\c3cc(Br)cc(Br)c3OCc3ccccc3)c(=O)n2[C@@H]1c1ccc(C(C)C)cc1. The lowest BCUT2D eigenvalue weighted by atomic mass is 9.91. The summed E-state index contributed by atoms with van der Waals surface area (Å²) in [7, 11) is 0. The van der Waals surface area contributed by atoms with E-state index in [1.807, 2.05) is 91.0 Å². The lowest BCUT2D eigenvalue weighted by Gasteiger charge is -2.26. The highest BCUT2D eigenvalue weighted by Gasteiger charge is 2.35. The van der Waals surface area contributed by atoms with Crippen molar-refractivity contribution in [2.45, 2.75) is 39.3 Å². The first-order valence-corrected chi connectivity index (χ1v) is 17.7. The molecule has 0 saturated heterocycles. The number of thiazole rings is 1. The summed E-state index contributed by atoms with van der Waals surface area (Å²) in [5.74, 6) is 0.435. The molecule has 238 valence electrons. The first-order valence-electron chi connectivity index (χ1n) is 15.3. The Bertz CT molecular complexity index is 2140. The average molecular weight is 773 g/mol. The Morgan fingerprint density at radius 3 is 2.32 bits per heavy atom. The van der Waals surface area contributed by atoms with Gasteiger partial charge in [0.05, 0.1) is 32.9 Å². The standard InChI is InChI=1S/C38H32Br2N2O4S/c1-4-45-37(44)32-33(26-13-9-6-10-14-26)41-38-42(34(32)27-17-15-25(16-18-27)23(2)3)36(43)31(47-38)20-28-19-29(39)21-30(40)35(28)46-22-24-11-7-5-8-12-24/h5-21,23,34H,4,22H2,1-3H3/b31-20-/t34-/m1/s1. The predicted molar refractivity (Wildman–Crippen MR) is 194 cm³/mol. The van der Waals surface area contributed by atoms with Gasteiger partial charge in [0.15, 0.2) is 4.80 Å². The molecule has 6 nitrogen and oxygen atoms in total. The predicted octanol–water partition coefficient (Wildman–Crippen LogP) is 8.16. The molecule has 4 aromatic carbocycles. The molecule has 0 unspecified atom stereocenters. The summed E-state index contributed by atoms with van der Waals surface area (Å²) in [5.41, 5.74) is 5.03. The molecule has 5 aromatic rings. The van der Waals surface area contributed by atoms with Gasteiger partial charge in [-0.25, -0.2) is 9.79 Å². The monoisotopic (exact) mass is 770 g/mol. The second-order valence-corrected chi connectivity index (χ2v) is 14.1. The molecule has 0 amide bonds. The first kappa shape index (κ1) is 32.9. The Balaban J connectivity index is 1.57. The quantitative estimate of drug-likeness (QED) is 0.142. The van der Waals surface area contributed by atoms with Gasteiger partial charge in [-0.05, 0) is 63.7 Å². The fourth-order valence-electron chi connectivity index (χ4n) is 5.53. The highest BCUT2D eigenvalue weighted by Crippen LogP contribution is 2.36. The van der Waals surface area contributed by atoms with Crippen LogP contribution in [0, 0.1) is 0 Å². The van der Waals surface area contributed by atoms with Crippen molar-refractivity contribution in [1.82, 2.24) is 4.57 Å². The van der Waals surface area contributed by atoms with Crippen LogP contribution in [-0.4, -0.2) is 17.1 Å². The number of nitrogens with zero attached hydrogens (tertiary/aromatic N) is 2. The van der Waals surface area contributed by atoms with Crippen molar-refractivity contribution in [1.29, 1.82) is 0 Å². The molecule has 0 aliphatic carbocycles. The highest BCUT2D eigenvalue weighted by atomic mass is 79.9. The zero-order chi connectivity index (χ0) is 33.1. The molecule has 9 heteroatoms. The molecule has 0 spiro atoms. The minimum absolute atomic E-state index is 0.192. The van der Waals surface area contributed by atoms with E-state index >= 15 is 0 Å². The molecular weight excluding hydrogens is 740 g/mol. The Morgan fingerprint density at radius 2 is 1.66 bits per heavy atom. The first-order chi connectivity index (χ1) is 22.7. The van der Waals surface area contributed by atoms with Gasteiger partial charge >= 0.3 is 5.97 Å². The number of rotatable bonds is 9. The number of fused-ring (bicyclic) bond motifs is 1. The number of carbonyl (C=O) groups is 1. The lowest BCUT2D eigenvalue weighted by Crippen LogP contribution is -2.40. The Kier molecular flexibility index (Phi) is 10.1. The maximum Gasteiger partial charge on any atom is 0.338 e. The van der Waals surface area contributed by atoms with E-state index in [0.29, 0.717) is 38.9 Å². The largest absolute Gasteiger partial charge is 0.487 e. The van der Waals surface area contributed by atoms with Crippen molar-refractivity contribution in [3.8, 4) is 5.75 Å². The van der Waals surface area contributed by atoms with Crippen molar-refractivity contribution in [2.24, 2.45) is 4.99 Å². The Hall–Kier alpha value is -4.05. The van der Waals surface area contributed by atoms with Gasteiger partial charge in [-0.2, -0.15) is 0 Å². The topological polar surface area (TPSA) is 69.9 Å². The highest BCUT2D eigenvalue weighted by molar-refractivity contribution is 9.11. The van der Waals surface area contributed by atoms with Gasteiger partial charge in [-0.3, -0.25) is 9.36 Å². The van der Waals surface area contributed by atoms with Gasteiger partial charge in [0.1, 0.15) is 12.4 Å². The van der Waals surface area contributed by atoms with E-state index in [1.165, 1.54) is 11.3 Å².